The topological polar surface area (TPSA) is 103 Å². The van der Waals surface area contributed by atoms with Crippen molar-refractivity contribution in [2.75, 3.05) is 0 Å². The minimum atomic E-state index is 0.690. The van der Waals surface area contributed by atoms with Gasteiger partial charge in [0.2, 0.25) is 0 Å². The van der Waals surface area contributed by atoms with Crippen molar-refractivity contribution >= 4 is 80.8 Å². The molecule has 0 amide bonds. The van der Waals surface area contributed by atoms with E-state index in [2.05, 4.69) is 85.9 Å². The van der Waals surface area contributed by atoms with Gasteiger partial charge in [-0.2, -0.15) is 0 Å². The first-order chi connectivity index (χ1) is 33.9. The molecule has 0 bridgehead atoms. The molecule has 0 fully saturated rings. The van der Waals surface area contributed by atoms with Crippen LogP contribution >= 0.6 is 47.8 Å². The molecule has 0 aliphatic rings. The zero-order valence-corrected chi connectivity index (χ0v) is 41.3. The van der Waals surface area contributed by atoms with Gasteiger partial charge in [-0.3, -0.25) is 4.98 Å². The third-order valence-electron chi connectivity index (χ3n) is 11.0. The fourth-order valence-corrected chi connectivity index (χ4v) is 8.41. The van der Waals surface area contributed by atoms with Gasteiger partial charge < -0.3 is 0 Å². The van der Waals surface area contributed by atoms with Crippen LogP contribution in [0.5, 0.6) is 0 Å². The Morgan fingerprint density at radius 1 is 0.261 bits per heavy atom. The van der Waals surface area contributed by atoms with Crippen molar-refractivity contribution in [3.63, 3.8) is 0 Å². The third-order valence-corrected chi connectivity index (χ3v) is 12.6. The predicted molar refractivity (Wildman–Crippen MR) is 290 cm³/mol. The van der Waals surface area contributed by atoms with E-state index in [9.17, 15) is 0 Å². The molecule has 0 saturated heterocycles. The monoisotopic (exact) mass is 1080 g/mol. The van der Waals surface area contributed by atoms with Gasteiger partial charge in [0.25, 0.3) is 0 Å². The lowest BCUT2D eigenvalue weighted by atomic mass is 10.1. The molecule has 330 valence electrons. The van der Waals surface area contributed by atoms with E-state index in [1.54, 1.807) is 12.4 Å². The van der Waals surface area contributed by atoms with Gasteiger partial charge in [0.05, 0.1) is 22.4 Å². The number of benzene rings is 7. The second kappa shape index (κ2) is 21.1. The average Bonchev–Trinajstić information content (AvgIpc) is 3.42. The van der Waals surface area contributed by atoms with E-state index in [-0.39, 0.29) is 0 Å². The Hall–Kier alpha value is -7.70. The number of hydrogen-bond acceptors (Lipinski definition) is 8. The molecule has 69 heavy (non-hydrogen) atoms. The molecule has 12 rings (SSSR count). The molecular formula is C58H37Br3N8. The number of aromatic nitrogens is 8. The highest BCUT2D eigenvalue weighted by Gasteiger charge is 2.15. The number of hydrogen-bond donors (Lipinski definition) is 0. The van der Waals surface area contributed by atoms with Gasteiger partial charge in [-0.05, 0) is 66.7 Å². The van der Waals surface area contributed by atoms with Crippen molar-refractivity contribution in [1.29, 1.82) is 0 Å². The van der Waals surface area contributed by atoms with Crippen LogP contribution in [0.2, 0.25) is 0 Å². The fraction of sp³-hybridized carbons (Fsp3) is 0. The lowest BCUT2D eigenvalue weighted by Crippen LogP contribution is -1.96. The summed E-state index contributed by atoms with van der Waals surface area (Å²) in [7, 11) is 0. The Morgan fingerprint density at radius 2 is 0.638 bits per heavy atom. The minimum Gasteiger partial charge on any atom is -0.252 e. The molecule has 0 aliphatic heterocycles. The van der Waals surface area contributed by atoms with Crippen molar-refractivity contribution in [2.24, 2.45) is 0 Å². The van der Waals surface area contributed by atoms with Crippen LogP contribution in [0.15, 0.2) is 238 Å². The summed E-state index contributed by atoms with van der Waals surface area (Å²) < 4.78 is 3.14. The highest BCUT2D eigenvalue weighted by molar-refractivity contribution is 9.11. The van der Waals surface area contributed by atoms with Crippen LogP contribution in [-0.4, -0.2) is 39.9 Å². The second-order valence-electron chi connectivity index (χ2n) is 15.6. The predicted octanol–water partition coefficient (Wildman–Crippen LogP) is 16.0. The van der Waals surface area contributed by atoms with Gasteiger partial charge in [0.15, 0.2) is 23.1 Å². The third kappa shape index (κ3) is 10.6. The summed E-state index contributed by atoms with van der Waals surface area (Å²) in [5.41, 5.74) is 12.2. The summed E-state index contributed by atoms with van der Waals surface area (Å²) in [5.74, 6) is 2.15. The Kier molecular flexibility index (Phi) is 13.8. The Balaban J connectivity index is 0.000000120. The molecule has 0 unspecified atom stereocenters. The number of pyridine rings is 2. The molecule has 5 heterocycles. The smallest absolute Gasteiger partial charge is 0.163 e. The summed E-state index contributed by atoms with van der Waals surface area (Å²) in [4.78, 5) is 37.3. The highest BCUT2D eigenvalue weighted by atomic mass is 79.9. The van der Waals surface area contributed by atoms with Crippen LogP contribution in [0.3, 0.4) is 0 Å². The SMILES string of the molecule is Brc1ccc(-c2nc(-c3ccccc3)nc3ccccc23)cc1.Brc1ccc(-c2nc(-c3ccccc3)nc3cccnc23)cc1.Brc1ccc(-c2nc(-c3ccccc3)nc3ncccc23)cc1. The van der Waals surface area contributed by atoms with Crippen LogP contribution in [0.1, 0.15) is 0 Å². The molecule has 5 aromatic heterocycles. The molecule has 7 aromatic carbocycles. The van der Waals surface area contributed by atoms with E-state index in [1.165, 1.54) is 0 Å². The largest absolute Gasteiger partial charge is 0.252 e. The summed E-state index contributed by atoms with van der Waals surface area (Å²) in [6, 6.07) is 70.4. The van der Waals surface area contributed by atoms with Crippen LogP contribution in [0, 0.1) is 0 Å². The van der Waals surface area contributed by atoms with E-state index in [0.29, 0.717) is 17.3 Å². The molecule has 0 N–H and O–H groups in total. The summed E-state index contributed by atoms with van der Waals surface area (Å²) in [6.45, 7) is 0. The maximum absolute atomic E-state index is 4.84. The zero-order valence-electron chi connectivity index (χ0n) is 36.6. The first kappa shape index (κ1) is 45.1. The van der Waals surface area contributed by atoms with E-state index >= 15 is 0 Å². The Bertz CT molecular complexity index is 3290. The second-order valence-corrected chi connectivity index (χ2v) is 18.3. The van der Waals surface area contributed by atoms with Gasteiger partial charge in [-0.15, -0.1) is 0 Å². The number of rotatable bonds is 6. The van der Waals surface area contributed by atoms with Gasteiger partial charge >= 0.3 is 0 Å². The Morgan fingerprint density at radius 3 is 1.17 bits per heavy atom. The first-order valence-electron chi connectivity index (χ1n) is 21.9. The summed E-state index contributed by atoms with van der Waals surface area (Å²) in [6.07, 6.45) is 3.53. The maximum atomic E-state index is 4.84. The molecule has 0 radical (unpaired) electrons. The lowest BCUT2D eigenvalue weighted by molar-refractivity contribution is 1.19. The molecule has 11 heteroatoms. The van der Waals surface area contributed by atoms with E-state index in [4.69, 9.17) is 19.9 Å². The molecule has 0 spiro atoms. The number of fused-ring (bicyclic) bond motifs is 3. The standard InChI is InChI=1S/C20H13BrN2.2C19H12BrN3/c21-16-12-10-14(11-13-16)19-17-8-4-5-9-18(17)22-20(23-19)15-6-2-1-3-7-15;20-15-10-8-13(9-11-15)17-18-16(7-4-12-21-18)22-19(23-17)14-5-2-1-3-6-14;20-15-10-8-13(9-11-15)17-16-7-4-12-21-19(16)23-18(22-17)14-5-2-1-3-6-14/h1-13H;2*1-12H. The molecule has 0 atom stereocenters. The molecule has 12 aromatic rings. The Labute approximate surface area is 423 Å². The lowest BCUT2D eigenvalue weighted by Gasteiger charge is -2.09. The summed E-state index contributed by atoms with van der Waals surface area (Å²) in [5, 5.41) is 2.02. The van der Waals surface area contributed by atoms with E-state index in [1.807, 2.05) is 194 Å². The molecule has 8 nitrogen and oxygen atoms in total. The van der Waals surface area contributed by atoms with Crippen LogP contribution in [0.25, 0.3) is 101 Å². The van der Waals surface area contributed by atoms with E-state index < -0.39 is 0 Å². The summed E-state index contributed by atoms with van der Waals surface area (Å²) >= 11 is 10.4. The van der Waals surface area contributed by atoms with Crippen LogP contribution in [-0.2, 0) is 0 Å². The maximum Gasteiger partial charge on any atom is 0.163 e. The minimum absolute atomic E-state index is 0.690. The molecular weight excluding hydrogens is 1050 g/mol. The van der Waals surface area contributed by atoms with Crippen molar-refractivity contribution < 1.29 is 0 Å². The van der Waals surface area contributed by atoms with Gasteiger partial charge in [-0.1, -0.05) is 193 Å². The van der Waals surface area contributed by atoms with Crippen molar-refractivity contribution in [2.45, 2.75) is 0 Å². The van der Waals surface area contributed by atoms with Gasteiger partial charge in [0, 0.05) is 70.0 Å². The van der Waals surface area contributed by atoms with Gasteiger partial charge in [-0.25, -0.2) is 34.9 Å². The highest BCUT2D eigenvalue weighted by Crippen LogP contribution is 2.32. The van der Waals surface area contributed by atoms with E-state index in [0.717, 1.165) is 97.0 Å². The van der Waals surface area contributed by atoms with Crippen molar-refractivity contribution in [3.8, 4) is 67.9 Å². The zero-order chi connectivity index (χ0) is 46.9. The number of para-hydroxylation sites is 1. The van der Waals surface area contributed by atoms with Crippen LogP contribution < -0.4 is 0 Å². The van der Waals surface area contributed by atoms with Crippen molar-refractivity contribution in [3.05, 3.63) is 238 Å². The molecule has 0 aliphatic carbocycles. The number of halogens is 3. The fourth-order valence-electron chi connectivity index (χ4n) is 7.62. The van der Waals surface area contributed by atoms with Gasteiger partial charge in [0.1, 0.15) is 11.2 Å². The number of nitrogens with zero attached hydrogens (tertiary/aromatic N) is 8. The van der Waals surface area contributed by atoms with Crippen molar-refractivity contribution in [1.82, 2.24) is 39.9 Å². The average molecular weight is 1090 g/mol. The molecule has 0 saturated carbocycles. The first-order valence-corrected chi connectivity index (χ1v) is 24.3. The van der Waals surface area contributed by atoms with Crippen LogP contribution in [0.4, 0.5) is 0 Å². The normalized spacial score (nSPS) is 10.8. The quantitative estimate of drug-likeness (QED) is 0.162.